The molecule has 0 radical (unpaired) electrons. The molecule has 8 heteroatoms. The molecule has 1 amide bonds. The molecule has 1 aromatic heterocycles. The van der Waals surface area contributed by atoms with Crippen LogP contribution in [-0.4, -0.2) is 66.8 Å². The number of hydrogen-bond acceptors (Lipinski definition) is 6. The summed E-state index contributed by atoms with van der Waals surface area (Å²) in [7, 11) is 2.24. The molecular formula is C24H35ClN4O3. The van der Waals surface area contributed by atoms with Crippen molar-refractivity contribution >= 4 is 35.4 Å². The number of nitrogens with one attached hydrogen (secondary N) is 1. The first-order valence-corrected chi connectivity index (χ1v) is 11.9. The third-order valence-corrected chi connectivity index (χ3v) is 7.42. The Labute approximate surface area is 196 Å². The van der Waals surface area contributed by atoms with Gasteiger partial charge in [-0.15, -0.1) is 12.4 Å². The molecule has 3 fully saturated rings. The minimum Gasteiger partial charge on any atom is -0.423 e. The van der Waals surface area contributed by atoms with Gasteiger partial charge in [-0.2, -0.15) is 4.98 Å². The number of piperidine rings is 2. The van der Waals surface area contributed by atoms with Crippen molar-refractivity contribution < 1.29 is 13.9 Å². The number of carbonyl (C=O) groups is 1. The zero-order chi connectivity index (χ0) is 21.4. The first-order valence-electron chi connectivity index (χ1n) is 11.9. The molecule has 1 aromatic carbocycles. The smallest absolute Gasteiger partial charge is 0.298 e. The van der Waals surface area contributed by atoms with Crippen molar-refractivity contribution in [3.8, 4) is 0 Å². The SMILES string of the molecule is CCC[C@H]1COCCN1c1nc2c(C(=O)NC3CC4CCCC(C3)N4C)cccc2o1.Cl. The molecule has 1 N–H and O–H groups in total. The molecule has 3 atom stereocenters. The normalized spacial score (nSPS) is 28.4. The number of halogens is 1. The summed E-state index contributed by atoms with van der Waals surface area (Å²) < 4.78 is 11.8. The molecule has 0 saturated carbocycles. The lowest BCUT2D eigenvalue weighted by molar-refractivity contribution is 0.0463. The van der Waals surface area contributed by atoms with Gasteiger partial charge in [0.1, 0.15) is 5.52 Å². The Bertz CT molecular complexity index is 919. The number of nitrogens with zero attached hydrogens (tertiary/aromatic N) is 3. The average Bonchev–Trinajstić information content (AvgIpc) is 3.19. The lowest BCUT2D eigenvalue weighted by Crippen LogP contribution is -2.55. The first-order chi connectivity index (χ1) is 15.1. The maximum absolute atomic E-state index is 13.2. The molecule has 3 saturated heterocycles. The Hall–Kier alpha value is -1.83. The van der Waals surface area contributed by atoms with Crippen molar-refractivity contribution in [1.82, 2.24) is 15.2 Å². The minimum absolute atomic E-state index is 0. The first kappa shape index (κ1) is 23.3. The van der Waals surface area contributed by atoms with E-state index < -0.39 is 0 Å². The second-order valence-corrected chi connectivity index (χ2v) is 9.41. The molecule has 3 aliphatic heterocycles. The molecule has 2 aromatic rings. The number of anilines is 1. The van der Waals surface area contributed by atoms with Crippen LogP contribution in [0.5, 0.6) is 0 Å². The predicted octanol–water partition coefficient (Wildman–Crippen LogP) is 4.00. The third-order valence-electron chi connectivity index (χ3n) is 7.42. The minimum atomic E-state index is -0.0369. The van der Waals surface area contributed by atoms with Gasteiger partial charge in [-0.1, -0.05) is 25.8 Å². The van der Waals surface area contributed by atoms with Gasteiger partial charge in [-0.05, 0) is 51.3 Å². The van der Waals surface area contributed by atoms with Crippen molar-refractivity contribution in [1.29, 1.82) is 0 Å². The highest BCUT2D eigenvalue weighted by Gasteiger charge is 2.36. The highest BCUT2D eigenvalue weighted by atomic mass is 35.5. The van der Waals surface area contributed by atoms with E-state index in [9.17, 15) is 4.79 Å². The Morgan fingerprint density at radius 3 is 2.78 bits per heavy atom. The fraction of sp³-hybridized carbons (Fsp3) is 0.667. The summed E-state index contributed by atoms with van der Waals surface area (Å²) in [5.74, 6) is -0.0369. The van der Waals surface area contributed by atoms with Gasteiger partial charge in [0, 0.05) is 24.7 Å². The summed E-state index contributed by atoms with van der Waals surface area (Å²) >= 11 is 0. The Morgan fingerprint density at radius 1 is 1.25 bits per heavy atom. The van der Waals surface area contributed by atoms with Gasteiger partial charge >= 0.3 is 0 Å². The molecular weight excluding hydrogens is 428 g/mol. The summed E-state index contributed by atoms with van der Waals surface area (Å²) in [5.41, 5.74) is 1.94. The molecule has 5 rings (SSSR count). The number of carbonyl (C=O) groups excluding carboxylic acids is 1. The monoisotopic (exact) mass is 462 g/mol. The van der Waals surface area contributed by atoms with E-state index in [1.165, 1.54) is 19.3 Å². The van der Waals surface area contributed by atoms with Crippen LogP contribution in [-0.2, 0) is 4.74 Å². The number of morpholine rings is 1. The largest absolute Gasteiger partial charge is 0.423 e. The third kappa shape index (κ3) is 4.47. The number of fused-ring (bicyclic) bond motifs is 3. The summed E-state index contributed by atoms with van der Waals surface area (Å²) in [5, 5.41) is 3.31. The van der Waals surface area contributed by atoms with Gasteiger partial charge in [0.05, 0.1) is 24.8 Å². The topological polar surface area (TPSA) is 70.8 Å². The van der Waals surface area contributed by atoms with Crippen LogP contribution < -0.4 is 10.2 Å². The molecule has 176 valence electrons. The second kappa shape index (κ2) is 9.98. The van der Waals surface area contributed by atoms with Crippen LogP contribution in [0.1, 0.15) is 62.2 Å². The number of rotatable bonds is 5. The summed E-state index contributed by atoms with van der Waals surface area (Å²) in [6, 6.07) is 7.93. The van der Waals surface area contributed by atoms with Gasteiger partial charge in [0.25, 0.3) is 11.9 Å². The predicted molar refractivity (Wildman–Crippen MR) is 128 cm³/mol. The lowest BCUT2D eigenvalue weighted by atomic mass is 9.82. The maximum atomic E-state index is 13.2. The van der Waals surface area contributed by atoms with E-state index in [-0.39, 0.29) is 30.4 Å². The summed E-state index contributed by atoms with van der Waals surface area (Å²) in [4.78, 5) is 22.7. The number of benzene rings is 1. The summed E-state index contributed by atoms with van der Waals surface area (Å²) in [6.07, 6.45) is 7.96. The van der Waals surface area contributed by atoms with Crippen LogP contribution in [0.2, 0.25) is 0 Å². The molecule has 7 nitrogen and oxygen atoms in total. The fourth-order valence-corrected chi connectivity index (χ4v) is 5.72. The molecule has 2 unspecified atom stereocenters. The van der Waals surface area contributed by atoms with Crippen LogP contribution in [0.3, 0.4) is 0 Å². The van der Waals surface area contributed by atoms with E-state index >= 15 is 0 Å². The Balaban J connectivity index is 0.00000245. The number of para-hydroxylation sites is 1. The number of hydrogen-bond donors (Lipinski definition) is 1. The van der Waals surface area contributed by atoms with Gasteiger partial charge in [-0.3, -0.25) is 4.79 Å². The van der Waals surface area contributed by atoms with Crippen LogP contribution >= 0.6 is 12.4 Å². The number of ether oxygens (including phenoxy) is 1. The van der Waals surface area contributed by atoms with Crippen molar-refractivity contribution in [2.24, 2.45) is 0 Å². The van der Waals surface area contributed by atoms with E-state index in [0.717, 1.165) is 32.2 Å². The van der Waals surface area contributed by atoms with E-state index in [1.54, 1.807) is 0 Å². The standard InChI is InChI=1S/C24H34N4O3.ClH/c1-3-6-19-15-30-12-11-28(19)24-26-22-20(9-5-10-21(22)31-24)23(29)25-16-13-17-7-4-8-18(14-16)27(17)2;/h5,9-10,16-19H,3-4,6-8,11-15H2,1-2H3,(H,25,29);1H/t16?,17?,18?,19-;/m0./s1. The molecule has 0 spiro atoms. The fourth-order valence-electron chi connectivity index (χ4n) is 5.72. The average molecular weight is 463 g/mol. The van der Waals surface area contributed by atoms with E-state index in [2.05, 4.69) is 29.1 Å². The van der Waals surface area contributed by atoms with Gasteiger partial charge in [0.2, 0.25) is 0 Å². The van der Waals surface area contributed by atoms with Crippen LogP contribution in [0, 0.1) is 0 Å². The highest BCUT2D eigenvalue weighted by Crippen LogP contribution is 2.33. The number of amides is 1. The van der Waals surface area contributed by atoms with E-state index in [1.807, 2.05) is 18.2 Å². The van der Waals surface area contributed by atoms with Gasteiger partial charge < -0.3 is 24.3 Å². The molecule has 4 heterocycles. The Kier molecular flexibility index (Phi) is 7.27. The zero-order valence-electron chi connectivity index (χ0n) is 19.1. The maximum Gasteiger partial charge on any atom is 0.298 e. The summed E-state index contributed by atoms with van der Waals surface area (Å²) in [6.45, 7) is 4.30. The van der Waals surface area contributed by atoms with E-state index in [4.69, 9.17) is 14.1 Å². The van der Waals surface area contributed by atoms with Crippen molar-refractivity contribution in [3.63, 3.8) is 0 Å². The molecule has 32 heavy (non-hydrogen) atoms. The molecule has 3 aliphatic rings. The molecule has 2 bridgehead atoms. The lowest BCUT2D eigenvalue weighted by Gasteiger charge is -2.47. The highest BCUT2D eigenvalue weighted by molar-refractivity contribution is 6.04. The van der Waals surface area contributed by atoms with Gasteiger partial charge in [-0.25, -0.2) is 0 Å². The second-order valence-electron chi connectivity index (χ2n) is 9.41. The van der Waals surface area contributed by atoms with Crippen LogP contribution in [0.15, 0.2) is 22.6 Å². The van der Waals surface area contributed by atoms with Crippen molar-refractivity contribution in [3.05, 3.63) is 23.8 Å². The van der Waals surface area contributed by atoms with Gasteiger partial charge in [0.15, 0.2) is 5.58 Å². The Morgan fingerprint density at radius 2 is 2.03 bits per heavy atom. The number of aromatic nitrogens is 1. The molecule has 0 aliphatic carbocycles. The van der Waals surface area contributed by atoms with E-state index in [0.29, 0.717) is 48.0 Å². The zero-order valence-corrected chi connectivity index (χ0v) is 19.9. The quantitative estimate of drug-likeness (QED) is 0.724. The van der Waals surface area contributed by atoms with Crippen LogP contribution in [0.25, 0.3) is 11.1 Å². The number of oxazole rings is 1. The van der Waals surface area contributed by atoms with Crippen molar-refractivity contribution in [2.75, 3.05) is 31.7 Å². The van der Waals surface area contributed by atoms with Crippen molar-refractivity contribution in [2.45, 2.75) is 76.0 Å². The van der Waals surface area contributed by atoms with Crippen LogP contribution in [0.4, 0.5) is 6.01 Å².